The molecule has 0 saturated heterocycles. The molecule has 2 aliphatic rings. The van der Waals surface area contributed by atoms with Gasteiger partial charge >= 0.3 is 5.97 Å². The fourth-order valence-electron chi connectivity index (χ4n) is 3.12. The lowest BCUT2D eigenvalue weighted by molar-refractivity contribution is -0.140. The lowest BCUT2D eigenvalue weighted by atomic mass is 10.0. The zero-order valence-corrected chi connectivity index (χ0v) is 11.7. The van der Waals surface area contributed by atoms with Gasteiger partial charge in [-0.1, -0.05) is 32.1 Å². The third kappa shape index (κ3) is 3.04. The maximum atomic E-state index is 10.9. The first-order valence-corrected chi connectivity index (χ1v) is 6.99. The number of fused-ring (bicyclic) bond motifs is 1. The van der Waals surface area contributed by atoms with Gasteiger partial charge < -0.3 is 4.74 Å². The van der Waals surface area contributed by atoms with E-state index in [4.69, 9.17) is 4.74 Å². The highest BCUT2D eigenvalue weighted by atomic mass is 16.5. The summed E-state index contributed by atoms with van der Waals surface area (Å²) in [7, 11) is 0. The molecule has 0 aromatic heterocycles. The monoisotopic (exact) mass is 248 g/mol. The Labute approximate surface area is 110 Å². The second-order valence-electron chi connectivity index (χ2n) is 6.14. The minimum absolute atomic E-state index is 0.183. The number of esters is 1. The molecule has 2 rings (SSSR count). The van der Waals surface area contributed by atoms with E-state index in [0.717, 1.165) is 31.1 Å². The minimum atomic E-state index is -0.183. The molecule has 0 spiro atoms. The molecule has 0 aliphatic heterocycles. The van der Waals surface area contributed by atoms with E-state index in [9.17, 15) is 4.79 Å². The fourth-order valence-corrected chi connectivity index (χ4v) is 3.12. The predicted octanol–water partition coefficient (Wildman–Crippen LogP) is 3.88. The Bertz CT molecular complexity index is 377. The summed E-state index contributed by atoms with van der Waals surface area (Å²) in [4.78, 5) is 10.9. The molecule has 2 atom stereocenters. The molecule has 2 nitrogen and oxygen atoms in total. The van der Waals surface area contributed by atoms with E-state index in [-0.39, 0.29) is 5.97 Å². The van der Waals surface area contributed by atoms with Crippen LogP contribution in [0.1, 0.15) is 46.5 Å². The lowest BCUT2D eigenvalue weighted by Crippen LogP contribution is -2.04. The van der Waals surface area contributed by atoms with Gasteiger partial charge in [0, 0.05) is 6.92 Å². The Morgan fingerprint density at radius 1 is 1.44 bits per heavy atom. The first-order chi connectivity index (χ1) is 8.51. The van der Waals surface area contributed by atoms with E-state index in [1.54, 1.807) is 0 Å². The molecule has 0 aromatic rings. The van der Waals surface area contributed by atoms with Gasteiger partial charge in [0.1, 0.15) is 6.61 Å². The van der Waals surface area contributed by atoms with Crippen LogP contribution in [0, 0.1) is 17.3 Å². The van der Waals surface area contributed by atoms with Crippen molar-refractivity contribution in [3.8, 4) is 0 Å². The molecule has 2 unspecified atom stereocenters. The first-order valence-electron chi connectivity index (χ1n) is 6.99. The quantitative estimate of drug-likeness (QED) is 0.547. The van der Waals surface area contributed by atoms with Crippen molar-refractivity contribution in [1.82, 2.24) is 0 Å². The van der Waals surface area contributed by atoms with Crippen LogP contribution >= 0.6 is 0 Å². The summed E-state index contributed by atoms with van der Waals surface area (Å²) in [6.07, 6.45) is 11.4. The van der Waals surface area contributed by atoms with E-state index < -0.39 is 0 Å². The zero-order valence-electron chi connectivity index (χ0n) is 11.7. The Morgan fingerprint density at radius 2 is 2.22 bits per heavy atom. The van der Waals surface area contributed by atoms with Crippen LogP contribution in [0.25, 0.3) is 0 Å². The van der Waals surface area contributed by atoms with Gasteiger partial charge in [0.25, 0.3) is 0 Å². The van der Waals surface area contributed by atoms with Gasteiger partial charge in [0.2, 0.25) is 0 Å². The van der Waals surface area contributed by atoms with Crippen molar-refractivity contribution in [1.29, 1.82) is 0 Å². The molecule has 100 valence electrons. The van der Waals surface area contributed by atoms with Crippen molar-refractivity contribution in [2.75, 3.05) is 6.61 Å². The van der Waals surface area contributed by atoms with Crippen molar-refractivity contribution < 1.29 is 9.53 Å². The smallest absolute Gasteiger partial charge is 0.302 e. The summed E-state index contributed by atoms with van der Waals surface area (Å²) >= 11 is 0. The Hall–Kier alpha value is -1.05. The molecule has 0 aromatic carbocycles. The molecule has 0 bridgehead atoms. The largest absolute Gasteiger partial charge is 0.461 e. The molecule has 0 radical (unpaired) electrons. The normalized spacial score (nSPS) is 30.1. The van der Waals surface area contributed by atoms with Crippen LogP contribution in [0.4, 0.5) is 0 Å². The molecule has 2 aliphatic carbocycles. The summed E-state index contributed by atoms with van der Waals surface area (Å²) in [5.74, 6) is 1.37. The average molecular weight is 248 g/mol. The third-order valence-electron chi connectivity index (χ3n) is 4.49. The van der Waals surface area contributed by atoms with E-state index in [1.807, 2.05) is 0 Å². The zero-order chi connectivity index (χ0) is 13.2. The van der Waals surface area contributed by atoms with Crippen LogP contribution < -0.4 is 0 Å². The van der Waals surface area contributed by atoms with E-state index in [2.05, 4.69) is 32.1 Å². The summed E-state index contributed by atoms with van der Waals surface area (Å²) in [5, 5.41) is 0. The number of carbonyl (C=O) groups excluding carboxylic acids is 1. The lowest BCUT2D eigenvalue weighted by Gasteiger charge is -2.09. The molecule has 0 N–H and O–H groups in total. The minimum Gasteiger partial charge on any atom is -0.461 e. The van der Waals surface area contributed by atoms with Gasteiger partial charge in [-0.05, 0) is 48.5 Å². The van der Waals surface area contributed by atoms with E-state index in [1.165, 1.54) is 18.9 Å². The second-order valence-corrected chi connectivity index (χ2v) is 6.14. The number of hydrogen-bond donors (Lipinski definition) is 0. The average Bonchev–Trinajstić information content (AvgIpc) is 2.84. The second kappa shape index (κ2) is 5.29. The van der Waals surface area contributed by atoms with Crippen LogP contribution in [-0.2, 0) is 9.53 Å². The van der Waals surface area contributed by atoms with E-state index in [0.29, 0.717) is 12.0 Å². The summed E-state index contributed by atoms with van der Waals surface area (Å²) in [6, 6.07) is 0. The fraction of sp³-hybridized carbons (Fsp3) is 0.688. The summed E-state index contributed by atoms with van der Waals surface area (Å²) in [6.45, 7) is 6.68. The van der Waals surface area contributed by atoms with Gasteiger partial charge in [-0.25, -0.2) is 0 Å². The van der Waals surface area contributed by atoms with Crippen molar-refractivity contribution in [2.45, 2.75) is 46.5 Å². The molecule has 18 heavy (non-hydrogen) atoms. The Balaban J connectivity index is 1.95. The number of hydrogen-bond acceptors (Lipinski definition) is 2. The predicted molar refractivity (Wildman–Crippen MR) is 73.1 cm³/mol. The van der Waals surface area contributed by atoms with Gasteiger partial charge in [-0.2, -0.15) is 0 Å². The number of carbonyl (C=O) groups is 1. The van der Waals surface area contributed by atoms with Crippen molar-refractivity contribution in [2.24, 2.45) is 17.3 Å². The molecule has 2 heteroatoms. The molecular weight excluding hydrogens is 224 g/mol. The summed E-state index contributed by atoms with van der Waals surface area (Å²) < 4.78 is 5.13. The van der Waals surface area contributed by atoms with Crippen LogP contribution in [0.2, 0.25) is 0 Å². The Kier molecular flexibility index (Phi) is 3.94. The van der Waals surface area contributed by atoms with Gasteiger partial charge in [-0.3, -0.25) is 4.79 Å². The highest BCUT2D eigenvalue weighted by Gasteiger charge is 2.54. The third-order valence-corrected chi connectivity index (χ3v) is 4.49. The Morgan fingerprint density at radius 3 is 2.94 bits per heavy atom. The molecule has 1 saturated carbocycles. The van der Waals surface area contributed by atoms with Crippen LogP contribution in [0.5, 0.6) is 0 Å². The van der Waals surface area contributed by atoms with Crippen LogP contribution in [0.15, 0.2) is 23.8 Å². The topological polar surface area (TPSA) is 26.3 Å². The highest BCUT2D eigenvalue weighted by molar-refractivity contribution is 5.66. The molecule has 0 heterocycles. The number of allylic oxidation sites excluding steroid dienone is 3. The molecule has 0 amide bonds. The number of rotatable bonds is 2. The molecule has 1 fully saturated rings. The van der Waals surface area contributed by atoms with Gasteiger partial charge in [0.05, 0.1) is 0 Å². The maximum absolute atomic E-state index is 10.9. The SMILES string of the molecule is CC(=O)OCC1=CCCC=CC2C(CC1)C2(C)C. The van der Waals surface area contributed by atoms with Crippen LogP contribution in [-0.4, -0.2) is 12.6 Å². The molecular formula is C16H24O2. The standard InChI is InChI=1S/C16H24O2/c1-12(17)18-11-13-7-5-4-6-8-14-15(10-9-13)16(14,2)3/h6-8,14-15H,4-5,9-11H2,1-3H3. The van der Waals surface area contributed by atoms with Crippen LogP contribution in [0.3, 0.4) is 0 Å². The summed E-state index contributed by atoms with van der Waals surface area (Å²) in [5.41, 5.74) is 1.76. The van der Waals surface area contributed by atoms with Crippen molar-refractivity contribution in [3.05, 3.63) is 23.8 Å². The number of ether oxygens (including phenoxy) is 1. The van der Waals surface area contributed by atoms with E-state index >= 15 is 0 Å². The highest BCUT2D eigenvalue weighted by Crippen LogP contribution is 2.61. The van der Waals surface area contributed by atoms with Crippen molar-refractivity contribution in [3.63, 3.8) is 0 Å². The van der Waals surface area contributed by atoms with Crippen molar-refractivity contribution >= 4 is 5.97 Å². The maximum Gasteiger partial charge on any atom is 0.302 e. The van der Waals surface area contributed by atoms with Gasteiger partial charge in [0.15, 0.2) is 0 Å². The van der Waals surface area contributed by atoms with Gasteiger partial charge in [-0.15, -0.1) is 0 Å². The first kappa shape index (κ1) is 13.4.